The van der Waals surface area contributed by atoms with Gasteiger partial charge in [-0.15, -0.1) is 0 Å². The van der Waals surface area contributed by atoms with Crippen LogP contribution in [-0.4, -0.2) is 10.7 Å². The minimum Gasteiger partial charge on any atom is -0.389 e. The number of rotatable bonds is 2. The number of hydrogen-bond acceptors (Lipinski definition) is 1. The van der Waals surface area contributed by atoms with Gasteiger partial charge in [0.25, 0.3) is 0 Å². The molecule has 1 N–H and O–H groups in total. The number of hydrogen-bond donors (Lipinski definition) is 1. The quantitative estimate of drug-likeness (QED) is 0.831. The zero-order valence-corrected chi connectivity index (χ0v) is 9.76. The van der Waals surface area contributed by atoms with Crippen molar-refractivity contribution >= 4 is 0 Å². The van der Waals surface area contributed by atoms with Gasteiger partial charge in [0.15, 0.2) is 0 Å². The number of benzene rings is 2. The summed E-state index contributed by atoms with van der Waals surface area (Å²) in [7, 11) is 0. The number of fused-ring (bicyclic) bond motifs is 1. The van der Waals surface area contributed by atoms with E-state index in [1.807, 2.05) is 30.3 Å². The molecule has 1 aliphatic carbocycles. The van der Waals surface area contributed by atoms with Gasteiger partial charge in [-0.2, -0.15) is 0 Å². The Morgan fingerprint density at radius 1 is 0.824 bits per heavy atom. The third kappa shape index (κ3) is 2.11. The molecule has 1 heteroatoms. The van der Waals surface area contributed by atoms with Crippen molar-refractivity contribution in [2.45, 2.75) is 24.9 Å². The Bertz CT molecular complexity index is 491. The van der Waals surface area contributed by atoms with E-state index in [-0.39, 0.29) is 0 Å². The molecule has 0 atom stereocenters. The summed E-state index contributed by atoms with van der Waals surface area (Å²) in [4.78, 5) is 0. The summed E-state index contributed by atoms with van der Waals surface area (Å²) in [6, 6.07) is 18.6. The molecule has 0 aliphatic heterocycles. The largest absolute Gasteiger partial charge is 0.389 e. The zero-order valence-electron chi connectivity index (χ0n) is 9.76. The van der Waals surface area contributed by atoms with E-state index in [0.29, 0.717) is 0 Å². The summed E-state index contributed by atoms with van der Waals surface area (Å²) in [5.41, 5.74) is 3.21. The monoisotopic (exact) mass is 224 g/mol. The minimum atomic E-state index is -0.592. The van der Waals surface area contributed by atoms with E-state index in [0.717, 1.165) is 19.3 Å². The van der Waals surface area contributed by atoms with Gasteiger partial charge in [0.05, 0.1) is 5.60 Å². The Balaban J connectivity index is 1.82. The van der Waals surface area contributed by atoms with Crippen LogP contribution in [0.1, 0.15) is 16.7 Å². The lowest BCUT2D eigenvalue weighted by Crippen LogP contribution is -2.32. The van der Waals surface area contributed by atoms with E-state index in [1.165, 1.54) is 16.7 Å². The topological polar surface area (TPSA) is 20.2 Å². The molecule has 0 amide bonds. The van der Waals surface area contributed by atoms with Crippen LogP contribution in [-0.2, 0) is 19.3 Å². The van der Waals surface area contributed by atoms with Crippen molar-refractivity contribution in [3.8, 4) is 0 Å². The van der Waals surface area contributed by atoms with E-state index >= 15 is 0 Å². The first-order valence-electron chi connectivity index (χ1n) is 6.08. The van der Waals surface area contributed by atoms with Gasteiger partial charge in [0.1, 0.15) is 0 Å². The van der Waals surface area contributed by atoms with E-state index in [2.05, 4.69) is 24.3 Å². The average molecular weight is 224 g/mol. The van der Waals surface area contributed by atoms with Crippen molar-refractivity contribution in [3.05, 3.63) is 71.3 Å². The Labute approximate surface area is 102 Å². The van der Waals surface area contributed by atoms with Gasteiger partial charge in [-0.05, 0) is 16.7 Å². The molecule has 0 heterocycles. The fourth-order valence-corrected chi connectivity index (χ4v) is 2.77. The highest BCUT2D eigenvalue weighted by atomic mass is 16.3. The second-order valence-corrected chi connectivity index (χ2v) is 5.01. The number of aliphatic hydroxyl groups is 1. The minimum absolute atomic E-state index is 0.592. The molecule has 1 aliphatic rings. The van der Waals surface area contributed by atoms with Gasteiger partial charge in [-0.1, -0.05) is 54.6 Å². The molecule has 0 unspecified atom stereocenters. The van der Waals surface area contributed by atoms with E-state index in [4.69, 9.17) is 0 Å². The van der Waals surface area contributed by atoms with Crippen LogP contribution in [0, 0.1) is 0 Å². The van der Waals surface area contributed by atoms with Crippen molar-refractivity contribution in [2.75, 3.05) is 0 Å². The second kappa shape index (κ2) is 4.01. The van der Waals surface area contributed by atoms with E-state index in [1.54, 1.807) is 0 Å². The van der Waals surface area contributed by atoms with Crippen molar-refractivity contribution in [2.24, 2.45) is 0 Å². The lowest BCUT2D eigenvalue weighted by Gasteiger charge is -2.22. The fraction of sp³-hybridized carbons (Fsp3) is 0.250. The molecule has 17 heavy (non-hydrogen) atoms. The summed E-state index contributed by atoms with van der Waals surface area (Å²) in [5, 5.41) is 10.7. The van der Waals surface area contributed by atoms with Crippen LogP contribution in [0.4, 0.5) is 0 Å². The van der Waals surface area contributed by atoms with Gasteiger partial charge in [0.2, 0.25) is 0 Å². The van der Waals surface area contributed by atoms with Gasteiger partial charge >= 0.3 is 0 Å². The Kier molecular flexibility index (Phi) is 2.49. The van der Waals surface area contributed by atoms with Crippen LogP contribution in [0.2, 0.25) is 0 Å². The lowest BCUT2D eigenvalue weighted by atomic mass is 9.92. The van der Waals surface area contributed by atoms with Crippen LogP contribution < -0.4 is 0 Å². The average Bonchev–Trinajstić information content (AvgIpc) is 2.66. The van der Waals surface area contributed by atoms with Gasteiger partial charge in [-0.25, -0.2) is 0 Å². The molecule has 0 aromatic heterocycles. The first kappa shape index (κ1) is 10.5. The van der Waals surface area contributed by atoms with Crippen molar-refractivity contribution in [3.63, 3.8) is 0 Å². The van der Waals surface area contributed by atoms with Gasteiger partial charge in [-0.3, -0.25) is 0 Å². The summed E-state index contributed by atoms with van der Waals surface area (Å²) in [6.45, 7) is 0. The van der Waals surface area contributed by atoms with Crippen LogP contribution in [0.3, 0.4) is 0 Å². The molecule has 86 valence electrons. The van der Waals surface area contributed by atoms with Crippen LogP contribution in [0.25, 0.3) is 0 Å². The second-order valence-electron chi connectivity index (χ2n) is 5.01. The van der Waals surface area contributed by atoms with Crippen LogP contribution >= 0.6 is 0 Å². The third-order valence-electron chi connectivity index (χ3n) is 3.53. The summed E-state index contributed by atoms with van der Waals surface area (Å²) in [5.74, 6) is 0. The third-order valence-corrected chi connectivity index (χ3v) is 3.53. The predicted molar refractivity (Wildman–Crippen MR) is 68.9 cm³/mol. The van der Waals surface area contributed by atoms with Crippen molar-refractivity contribution in [1.82, 2.24) is 0 Å². The normalized spacial score (nSPS) is 16.8. The first-order chi connectivity index (χ1) is 8.25. The zero-order chi connectivity index (χ0) is 11.7. The highest BCUT2D eigenvalue weighted by Crippen LogP contribution is 2.32. The fourth-order valence-electron chi connectivity index (χ4n) is 2.77. The Morgan fingerprint density at radius 2 is 1.35 bits per heavy atom. The van der Waals surface area contributed by atoms with Crippen molar-refractivity contribution < 1.29 is 5.11 Å². The van der Waals surface area contributed by atoms with E-state index < -0.39 is 5.60 Å². The molecule has 0 spiro atoms. The molecule has 0 bridgehead atoms. The molecule has 0 radical (unpaired) electrons. The maximum Gasteiger partial charge on any atom is 0.0768 e. The maximum atomic E-state index is 10.7. The van der Waals surface area contributed by atoms with Gasteiger partial charge in [0, 0.05) is 19.3 Å². The highest BCUT2D eigenvalue weighted by Gasteiger charge is 2.34. The van der Waals surface area contributed by atoms with Crippen LogP contribution in [0.15, 0.2) is 54.6 Å². The Hall–Kier alpha value is -1.60. The molecule has 3 rings (SSSR count). The van der Waals surface area contributed by atoms with Crippen LogP contribution in [0.5, 0.6) is 0 Å². The summed E-state index contributed by atoms with van der Waals surface area (Å²) >= 11 is 0. The molecule has 0 saturated heterocycles. The summed E-state index contributed by atoms with van der Waals surface area (Å²) < 4.78 is 0. The SMILES string of the molecule is OC1(Cc2ccccc2)Cc2ccccc2C1. The highest BCUT2D eigenvalue weighted by molar-refractivity contribution is 5.36. The summed E-state index contributed by atoms with van der Waals surface area (Å²) in [6.07, 6.45) is 2.29. The molecule has 0 fully saturated rings. The molecular weight excluding hydrogens is 208 g/mol. The van der Waals surface area contributed by atoms with E-state index in [9.17, 15) is 5.11 Å². The molecule has 1 nitrogen and oxygen atoms in total. The molecule has 0 saturated carbocycles. The Morgan fingerprint density at radius 3 is 1.94 bits per heavy atom. The molecule has 2 aromatic rings. The van der Waals surface area contributed by atoms with Gasteiger partial charge < -0.3 is 5.11 Å². The first-order valence-corrected chi connectivity index (χ1v) is 6.08. The maximum absolute atomic E-state index is 10.7. The smallest absolute Gasteiger partial charge is 0.0768 e. The predicted octanol–water partition coefficient (Wildman–Crippen LogP) is 2.76. The molecular formula is C16H16O. The molecule has 2 aromatic carbocycles. The lowest BCUT2D eigenvalue weighted by molar-refractivity contribution is 0.0518. The van der Waals surface area contributed by atoms with Crippen molar-refractivity contribution in [1.29, 1.82) is 0 Å². The standard InChI is InChI=1S/C16H16O/c17-16(10-13-6-2-1-3-7-13)11-14-8-4-5-9-15(14)12-16/h1-9,17H,10-12H2.